The molecule has 0 spiro atoms. The summed E-state index contributed by atoms with van der Waals surface area (Å²) in [6.45, 7) is 2.32. The Morgan fingerprint density at radius 3 is 2.41 bits per heavy atom. The van der Waals surface area contributed by atoms with Crippen LogP contribution in [0.2, 0.25) is 0 Å². The summed E-state index contributed by atoms with van der Waals surface area (Å²) in [6.07, 6.45) is 1.61. The lowest BCUT2D eigenvalue weighted by Crippen LogP contribution is -2.38. The van der Waals surface area contributed by atoms with E-state index in [4.69, 9.17) is 0 Å². The van der Waals surface area contributed by atoms with E-state index in [-0.39, 0.29) is 29.9 Å². The van der Waals surface area contributed by atoms with Gasteiger partial charge in [0.05, 0.1) is 0 Å². The van der Waals surface area contributed by atoms with E-state index >= 15 is 0 Å². The van der Waals surface area contributed by atoms with Crippen LogP contribution >= 0.6 is 24.0 Å². The fourth-order valence-corrected chi connectivity index (χ4v) is 3.21. The largest absolute Gasteiger partial charge is 0.352 e. The zero-order valence-electron chi connectivity index (χ0n) is 15.9. The van der Waals surface area contributed by atoms with Gasteiger partial charge >= 0.3 is 0 Å². The summed E-state index contributed by atoms with van der Waals surface area (Å²) >= 11 is 0. The number of amides is 1. The fraction of sp³-hybridized carbons (Fsp3) is 0.333. The number of benzene rings is 2. The van der Waals surface area contributed by atoms with Crippen LogP contribution < -0.4 is 10.2 Å². The highest BCUT2D eigenvalue weighted by molar-refractivity contribution is 14.0. The number of hydrogen-bond donors (Lipinski definition) is 1. The molecule has 1 saturated heterocycles. The van der Waals surface area contributed by atoms with Gasteiger partial charge in [0.25, 0.3) is 0 Å². The molecular formula is C21H27IN4O. The summed E-state index contributed by atoms with van der Waals surface area (Å²) in [5.41, 5.74) is 3.40. The van der Waals surface area contributed by atoms with Crippen molar-refractivity contribution in [3.05, 3.63) is 65.7 Å². The van der Waals surface area contributed by atoms with E-state index in [1.165, 1.54) is 5.56 Å². The number of nitrogens with zero attached hydrogens (tertiary/aromatic N) is 3. The fourth-order valence-electron chi connectivity index (χ4n) is 3.21. The molecule has 0 bridgehead atoms. The Bertz CT molecular complexity index is 762. The second-order valence-corrected chi connectivity index (χ2v) is 6.56. The van der Waals surface area contributed by atoms with Crippen molar-refractivity contribution in [1.82, 2.24) is 10.2 Å². The molecule has 0 radical (unpaired) electrons. The van der Waals surface area contributed by atoms with E-state index in [9.17, 15) is 4.79 Å². The maximum Gasteiger partial charge on any atom is 0.227 e. The first-order valence-electron chi connectivity index (χ1n) is 9.02. The summed E-state index contributed by atoms with van der Waals surface area (Å²) in [4.78, 5) is 20.2. The van der Waals surface area contributed by atoms with Crippen LogP contribution in [0.4, 0.5) is 5.69 Å². The molecule has 6 heteroatoms. The number of hydrogen-bond acceptors (Lipinski definition) is 2. The zero-order chi connectivity index (χ0) is 18.4. The zero-order valence-corrected chi connectivity index (χ0v) is 18.2. The smallest absolute Gasteiger partial charge is 0.227 e. The minimum Gasteiger partial charge on any atom is -0.352 e. The van der Waals surface area contributed by atoms with Crippen molar-refractivity contribution in [2.24, 2.45) is 4.99 Å². The van der Waals surface area contributed by atoms with Crippen molar-refractivity contribution in [3.8, 4) is 0 Å². The van der Waals surface area contributed by atoms with Crippen molar-refractivity contribution < 1.29 is 4.79 Å². The molecule has 144 valence electrons. The Labute approximate surface area is 178 Å². The highest BCUT2D eigenvalue weighted by Crippen LogP contribution is 2.21. The average molecular weight is 478 g/mol. The lowest BCUT2D eigenvalue weighted by molar-refractivity contribution is -0.117. The third-order valence-electron chi connectivity index (χ3n) is 4.61. The molecule has 1 aliphatic rings. The first-order chi connectivity index (χ1) is 12.7. The Hall–Kier alpha value is -2.09. The number of rotatable bonds is 5. The Morgan fingerprint density at radius 2 is 1.81 bits per heavy atom. The summed E-state index contributed by atoms with van der Waals surface area (Å²) in [5.74, 6) is 1.08. The van der Waals surface area contributed by atoms with Crippen LogP contribution in [0, 0.1) is 0 Å². The topological polar surface area (TPSA) is 47.9 Å². The van der Waals surface area contributed by atoms with Crippen molar-refractivity contribution in [3.63, 3.8) is 0 Å². The van der Waals surface area contributed by atoms with Crippen LogP contribution in [0.3, 0.4) is 0 Å². The van der Waals surface area contributed by atoms with Crippen molar-refractivity contribution in [1.29, 1.82) is 0 Å². The molecule has 0 aliphatic carbocycles. The minimum absolute atomic E-state index is 0. The maximum absolute atomic E-state index is 11.8. The molecule has 0 unspecified atom stereocenters. The van der Waals surface area contributed by atoms with Gasteiger partial charge in [-0.3, -0.25) is 9.79 Å². The third-order valence-corrected chi connectivity index (χ3v) is 4.61. The molecule has 1 aliphatic heterocycles. The summed E-state index contributed by atoms with van der Waals surface area (Å²) in [7, 11) is 3.83. The predicted octanol–water partition coefficient (Wildman–Crippen LogP) is 3.64. The third kappa shape index (κ3) is 5.69. The monoisotopic (exact) mass is 478 g/mol. The van der Waals surface area contributed by atoms with Gasteiger partial charge in [-0.15, -0.1) is 24.0 Å². The lowest BCUT2D eigenvalue weighted by atomic mass is 10.2. The number of guanidine groups is 1. The molecule has 0 atom stereocenters. The molecule has 3 rings (SSSR count). The average Bonchev–Trinajstić information content (AvgIpc) is 3.09. The molecule has 0 saturated carbocycles. The summed E-state index contributed by atoms with van der Waals surface area (Å²) in [6, 6.07) is 18.5. The van der Waals surface area contributed by atoms with E-state index < -0.39 is 0 Å². The van der Waals surface area contributed by atoms with Gasteiger partial charge in [-0.1, -0.05) is 42.5 Å². The number of aliphatic imine (C=N–C) groups is 1. The van der Waals surface area contributed by atoms with Gasteiger partial charge in [0, 0.05) is 45.8 Å². The minimum atomic E-state index is 0. The van der Waals surface area contributed by atoms with E-state index in [0.29, 0.717) is 13.0 Å². The highest BCUT2D eigenvalue weighted by Gasteiger charge is 2.21. The SMILES string of the molecule is CN=C(NCc1ccc(N2CCCC2=O)cc1)N(C)Cc1ccccc1.I. The highest BCUT2D eigenvalue weighted by atomic mass is 127. The van der Waals surface area contributed by atoms with Crippen LogP contribution in [0.25, 0.3) is 0 Å². The number of carbonyl (C=O) groups excluding carboxylic acids is 1. The molecule has 2 aromatic carbocycles. The van der Waals surface area contributed by atoms with Gasteiger partial charge in [0.2, 0.25) is 5.91 Å². The Morgan fingerprint density at radius 1 is 1.11 bits per heavy atom. The predicted molar refractivity (Wildman–Crippen MR) is 122 cm³/mol. The maximum atomic E-state index is 11.8. The first-order valence-corrected chi connectivity index (χ1v) is 9.02. The summed E-state index contributed by atoms with van der Waals surface area (Å²) in [5, 5.41) is 3.40. The van der Waals surface area contributed by atoms with Crippen molar-refractivity contribution in [2.75, 3.05) is 25.5 Å². The van der Waals surface area contributed by atoms with Crippen LogP contribution in [0.15, 0.2) is 59.6 Å². The van der Waals surface area contributed by atoms with Crippen molar-refractivity contribution in [2.45, 2.75) is 25.9 Å². The molecule has 1 amide bonds. The number of carbonyl (C=O) groups is 1. The normalized spacial score (nSPS) is 14.1. The van der Waals surface area contributed by atoms with Crippen molar-refractivity contribution >= 4 is 41.5 Å². The van der Waals surface area contributed by atoms with E-state index in [1.54, 1.807) is 7.05 Å². The van der Waals surface area contributed by atoms with Gasteiger partial charge in [-0.25, -0.2) is 0 Å². The molecule has 1 heterocycles. The van der Waals surface area contributed by atoms with E-state index in [0.717, 1.165) is 36.7 Å². The molecule has 0 aromatic heterocycles. The number of anilines is 1. The molecule has 2 aromatic rings. The van der Waals surface area contributed by atoms with Gasteiger partial charge in [-0.2, -0.15) is 0 Å². The van der Waals surface area contributed by atoms with Crippen LogP contribution in [-0.4, -0.2) is 37.4 Å². The number of nitrogens with one attached hydrogen (secondary N) is 1. The standard InChI is InChI=1S/C21H26N4O.HI/c1-22-21(24(2)16-18-7-4-3-5-8-18)23-15-17-10-12-19(13-11-17)25-14-6-9-20(25)26;/h3-5,7-8,10-13H,6,9,14-16H2,1-2H3,(H,22,23);1H. The Kier molecular flexibility index (Phi) is 8.09. The van der Waals surface area contributed by atoms with E-state index in [1.807, 2.05) is 42.3 Å². The molecule has 5 nitrogen and oxygen atoms in total. The quantitative estimate of drug-likeness (QED) is 0.406. The lowest BCUT2D eigenvalue weighted by Gasteiger charge is -2.22. The van der Waals surface area contributed by atoms with Gasteiger partial charge < -0.3 is 15.1 Å². The first kappa shape index (κ1) is 21.2. The summed E-state index contributed by atoms with van der Waals surface area (Å²) < 4.78 is 0. The van der Waals surface area contributed by atoms with E-state index in [2.05, 4.69) is 39.5 Å². The van der Waals surface area contributed by atoms with Gasteiger partial charge in [-0.05, 0) is 29.7 Å². The molecule has 1 fully saturated rings. The second kappa shape index (κ2) is 10.3. The van der Waals surface area contributed by atoms with Gasteiger partial charge in [0.15, 0.2) is 5.96 Å². The van der Waals surface area contributed by atoms with Crippen LogP contribution in [-0.2, 0) is 17.9 Å². The molecule has 27 heavy (non-hydrogen) atoms. The van der Waals surface area contributed by atoms with Crippen LogP contribution in [0.5, 0.6) is 0 Å². The molecule has 1 N–H and O–H groups in total. The second-order valence-electron chi connectivity index (χ2n) is 6.56. The number of halogens is 1. The molecular weight excluding hydrogens is 451 g/mol. The Balaban J connectivity index is 0.00000261. The van der Waals surface area contributed by atoms with Crippen LogP contribution in [0.1, 0.15) is 24.0 Å². The van der Waals surface area contributed by atoms with Gasteiger partial charge in [0.1, 0.15) is 0 Å².